The topological polar surface area (TPSA) is 29.3 Å². The van der Waals surface area contributed by atoms with E-state index in [0.717, 1.165) is 18.5 Å². The van der Waals surface area contributed by atoms with Gasteiger partial charge in [-0.3, -0.25) is 4.90 Å². The van der Waals surface area contributed by atoms with Crippen LogP contribution in [0.25, 0.3) is 0 Å². The van der Waals surface area contributed by atoms with E-state index in [9.17, 15) is 4.39 Å². The highest BCUT2D eigenvalue weighted by Crippen LogP contribution is 2.11. The van der Waals surface area contributed by atoms with E-state index < -0.39 is 0 Å². The summed E-state index contributed by atoms with van der Waals surface area (Å²) in [7, 11) is 2.07. The summed E-state index contributed by atoms with van der Waals surface area (Å²) in [6.07, 6.45) is 0.917. The third-order valence-corrected chi connectivity index (χ3v) is 3.18. The second-order valence-electron chi connectivity index (χ2n) is 4.81. The third-order valence-electron chi connectivity index (χ3n) is 3.18. The highest BCUT2D eigenvalue weighted by Gasteiger charge is 2.20. The average Bonchev–Trinajstić information content (AvgIpc) is 2.28. The molecule has 16 heavy (non-hydrogen) atoms. The molecule has 3 heteroatoms. The minimum Gasteiger partial charge on any atom is -0.329 e. The molecular formula is C13H21FN2. The lowest BCUT2D eigenvalue weighted by Gasteiger charge is -2.34. The summed E-state index contributed by atoms with van der Waals surface area (Å²) < 4.78 is 12.7. The number of halogens is 1. The quantitative estimate of drug-likeness (QED) is 0.829. The molecule has 0 heterocycles. The molecule has 0 aliphatic rings. The van der Waals surface area contributed by atoms with Crippen LogP contribution >= 0.6 is 0 Å². The Morgan fingerprint density at radius 3 is 2.31 bits per heavy atom. The van der Waals surface area contributed by atoms with E-state index in [1.165, 1.54) is 12.1 Å². The zero-order chi connectivity index (χ0) is 12.2. The zero-order valence-corrected chi connectivity index (χ0v) is 10.3. The molecule has 1 aromatic rings. The number of hydrogen-bond donors (Lipinski definition) is 1. The largest absolute Gasteiger partial charge is 0.329 e. The van der Waals surface area contributed by atoms with Gasteiger partial charge in [-0.1, -0.05) is 12.1 Å². The highest BCUT2D eigenvalue weighted by molar-refractivity contribution is 5.16. The first kappa shape index (κ1) is 13.1. The lowest BCUT2D eigenvalue weighted by molar-refractivity contribution is 0.166. The van der Waals surface area contributed by atoms with E-state index in [0.29, 0.717) is 6.54 Å². The van der Waals surface area contributed by atoms with Gasteiger partial charge in [0.15, 0.2) is 0 Å². The normalized spacial score (nSPS) is 12.1. The molecule has 0 aromatic heterocycles. The molecule has 0 bridgehead atoms. The summed E-state index contributed by atoms with van der Waals surface area (Å²) in [5.41, 5.74) is 6.87. The number of nitrogens with zero attached hydrogens (tertiary/aromatic N) is 1. The molecule has 0 saturated carbocycles. The van der Waals surface area contributed by atoms with Crippen molar-refractivity contribution in [1.29, 1.82) is 0 Å². The number of nitrogens with two attached hydrogens (primary N) is 1. The van der Waals surface area contributed by atoms with E-state index in [4.69, 9.17) is 5.73 Å². The molecule has 0 spiro atoms. The zero-order valence-electron chi connectivity index (χ0n) is 10.3. The molecule has 1 rings (SSSR count). The molecule has 0 fully saturated rings. The minimum absolute atomic E-state index is 0.0139. The van der Waals surface area contributed by atoms with Crippen molar-refractivity contribution in [2.75, 3.05) is 20.1 Å². The molecule has 0 radical (unpaired) electrons. The molecule has 1 aromatic carbocycles. The predicted octanol–water partition coefficient (Wildman–Crippen LogP) is 2.04. The highest BCUT2D eigenvalue weighted by atomic mass is 19.1. The van der Waals surface area contributed by atoms with Gasteiger partial charge in [0.1, 0.15) is 5.82 Å². The van der Waals surface area contributed by atoms with Gasteiger partial charge in [-0.25, -0.2) is 4.39 Å². The van der Waals surface area contributed by atoms with Gasteiger partial charge >= 0.3 is 0 Å². The van der Waals surface area contributed by atoms with Crippen LogP contribution in [0.15, 0.2) is 24.3 Å². The lowest BCUT2D eigenvalue weighted by Crippen LogP contribution is -2.47. The van der Waals surface area contributed by atoms with Crippen LogP contribution in [0, 0.1) is 5.82 Å². The summed E-state index contributed by atoms with van der Waals surface area (Å²) in [5.74, 6) is -0.181. The molecule has 0 unspecified atom stereocenters. The third kappa shape index (κ3) is 3.58. The molecule has 90 valence electrons. The summed E-state index contributed by atoms with van der Waals surface area (Å²) >= 11 is 0. The van der Waals surface area contributed by atoms with Crippen LogP contribution in [0.1, 0.15) is 19.4 Å². The maximum absolute atomic E-state index is 12.7. The van der Waals surface area contributed by atoms with Gasteiger partial charge < -0.3 is 5.73 Å². The summed E-state index contributed by atoms with van der Waals surface area (Å²) in [6, 6.07) is 6.67. The van der Waals surface area contributed by atoms with Crippen molar-refractivity contribution in [2.45, 2.75) is 25.8 Å². The predicted molar refractivity (Wildman–Crippen MR) is 65.9 cm³/mol. The first-order valence-corrected chi connectivity index (χ1v) is 5.61. The van der Waals surface area contributed by atoms with Crippen LogP contribution < -0.4 is 5.73 Å². The molecular weight excluding hydrogens is 203 g/mol. The van der Waals surface area contributed by atoms with E-state index in [1.807, 2.05) is 12.1 Å². The van der Waals surface area contributed by atoms with Crippen LogP contribution in [0.3, 0.4) is 0 Å². The van der Waals surface area contributed by atoms with Crippen LogP contribution in [-0.4, -0.2) is 30.6 Å². The standard InChI is InChI=1S/C13H21FN2/c1-13(2,10-15)16(3)9-8-11-4-6-12(14)7-5-11/h4-7H,8-10,15H2,1-3H3. The fourth-order valence-corrected chi connectivity index (χ4v) is 1.41. The van der Waals surface area contributed by atoms with E-state index >= 15 is 0 Å². The second-order valence-corrected chi connectivity index (χ2v) is 4.81. The number of rotatable bonds is 5. The number of benzene rings is 1. The average molecular weight is 224 g/mol. The maximum Gasteiger partial charge on any atom is 0.123 e. The van der Waals surface area contributed by atoms with E-state index in [1.54, 1.807) is 0 Å². The van der Waals surface area contributed by atoms with Crippen molar-refractivity contribution in [3.05, 3.63) is 35.6 Å². The van der Waals surface area contributed by atoms with Crippen LogP contribution in [-0.2, 0) is 6.42 Å². The Morgan fingerprint density at radius 2 is 1.81 bits per heavy atom. The van der Waals surface area contributed by atoms with Crippen molar-refractivity contribution in [3.8, 4) is 0 Å². The first-order valence-electron chi connectivity index (χ1n) is 5.61. The van der Waals surface area contributed by atoms with Crippen molar-refractivity contribution in [2.24, 2.45) is 5.73 Å². The molecule has 0 atom stereocenters. The van der Waals surface area contributed by atoms with Gasteiger partial charge in [0, 0.05) is 18.6 Å². The van der Waals surface area contributed by atoms with E-state index in [2.05, 4.69) is 25.8 Å². The van der Waals surface area contributed by atoms with Crippen molar-refractivity contribution < 1.29 is 4.39 Å². The Hall–Kier alpha value is -0.930. The SMILES string of the molecule is CN(CCc1ccc(F)cc1)C(C)(C)CN. The molecule has 0 saturated heterocycles. The Morgan fingerprint density at radius 1 is 1.25 bits per heavy atom. The van der Waals surface area contributed by atoms with Crippen molar-refractivity contribution in [1.82, 2.24) is 4.90 Å². The monoisotopic (exact) mass is 224 g/mol. The maximum atomic E-state index is 12.7. The van der Waals surface area contributed by atoms with Gasteiger partial charge in [-0.2, -0.15) is 0 Å². The van der Waals surface area contributed by atoms with Crippen LogP contribution in [0.5, 0.6) is 0 Å². The fraction of sp³-hybridized carbons (Fsp3) is 0.538. The van der Waals surface area contributed by atoms with Gasteiger partial charge in [0.25, 0.3) is 0 Å². The van der Waals surface area contributed by atoms with Crippen LogP contribution in [0.4, 0.5) is 4.39 Å². The van der Waals surface area contributed by atoms with Crippen molar-refractivity contribution >= 4 is 0 Å². The van der Waals surface area contributed by atoms with Gasteiger partial charge in [0.05, 0.1) is 0 Å². The Labute approximate surface area is 97.3 Å². The molecule has 2 nitrogen and oxygen atoms in total. The lowest BCUT2D eigenvalue weighted by atomic mass is 10.0. The first-order chi connectivity index (χ1) is 7.45. The smallest absolute Gasteiger partial charge is 0.123 e. The Bertz CT molecular complexity index is 319. The van der Waals surface area contributed by atoms with E-state index in [-0.39, 0.29) is 11.4 Å². The fourth-order valence-electron chi connectivity index (χ4n) is 1.41. The van der Waals surface area contributed by atoms with Gasteiger partial charge in [-0.05, 0) is 45.0 Å². The number of hydrogen-bond acceptors (Lipinski definition) is 2. The molecule has 2 N–H and O–H groups in total. The summed E-state index contributed by atoms with van der Waals surface area (Å²) in [5, 5.41) is 0. The molecule has 0 aliphatic heterocycles. The number of likely N-dealkylation sites (N-methyl/N-ethyl adjacent to an activating group) is 1. The molecule has 0 aliphatic carbocycles. The van der Waals surface area contributed by atoms with Gasteiger partial charge in [-0.15, -0.1) is 0 Å². The van der Waals surface area contributed by atoms with Gasteiger partial charge in [0.2, 0.25) is 0 Å². The van der Waals surface area contributed by atoms with Crippen molar-refractivity contribution in [3.63, 3.8) is 0 Å². The minimum atomic E-state index is -0.181. The summed E-state index contributed by atoms with van der Waals surface area (Å²) in [4.78, 5) is 2.23. The Balaban J connectivity index is 2.49. The molecule has 0 amide bonds. The van der Waals surface area contributed by atoms with Crippen LogP contribution in [0.2, 0.25) is 0 Å². The Kier molecular flexibility index (Phi) is 4.44. The summed E-state index contributed by atoms with van der Waals surface area (Å²) in [6.45, 7) is 5.80. The second kappa shape index (κ2) is 5.41.